The molecule has 0 bridgehead atoms. The van der Waals surface area contributed by atoms with Gasteiger partial charge in [-0.1, -0.05) is 13.0 Å². The third-order valence-electron chi connectivity index (χ3n) is 5.16. The molecule has 2 aromatic rings. The van der Waals surface area contributed by atoms with Gasteiger partial charge in [0.2, 0.25) is 0 Å². The molecule has 0 saturated carbocycles. The zero-order chi connectivity index (χ0) is 21.1. The van der Waals surface area contributed by atoms with Crippen molar-refractivity contribution in [2.75, 3.05) is 23.3 Å². The number of benzene rings is 2. The van der Waals surface area contributed by atoms with Crippen LogP contribution in [-0.4, -0.2) is 28.8 Å². The van der Waals surface area contributed by atoms with Gasteiger partial charge in [-0.25, -0.2) is 0 Å². The second kappa shape index (κ2) is 8.26. The summed E-state index contributed by atoms with van der Waals surface area (Å²) in [5.74, 6) is -0.0560. The molecule has 1 saturated heterocycles. The first-order valence-electron chi connectivity index (χ1n) is 9.36. The van der Waals surface area contributed by atoms with Crippen LogP contribution in [0.15, 0.2) is 36.4 Å². The number of amides is 1. The molecule has 152 valence electrons. The minimum absolute atomic E-state index is 0.0438. The fraction of sp³-hybridized carbons (Fsp3) is 0.350. The number of hydrogen-bond donors (Lipinski definition) is 1. The largest absolute Gasteiger partial charge is 0.366 e. The summed E-state index contributed by atoms with van der Waals surface area (Å²) in [4.78, 5) is 36.3. The molecule has 1 amide bonds. The van der Waals surface area contributed by atoms with Crippen LogP contribution in [0.5, 0.6) is 0 Å². The lowest BCUT2D eigenvalue weighted by Gasteiger charge is -2.31. The molecule has 29 heavy (non-hydrogen) atoms. The summed E-state index contributed by atoms with van der Waals surface area (Å²) in [5.41, 5.74) is 0.908. The van der Waals surface area contributed by atoms with Crippen LogP contribution in [-0.2, 0) is 0 Å². The van der Waals surface area contributed by atoms with Gasteiger partial charge in [0.05, 0.1) is 9.85 Å². The Bertz CT molecular complexity index is 967. The van der Waals surface area contributed by atoms with Gasteiger partial charge in [-0.15, -0.1) is 0 Å². The molecule has 0 unspecified atom stereocenters. The third-order valence-corrected chi connectivity index (χ3v) is 5.16. The standard InChI is InChI=1S/C20H22N4O5/c1-13-7-9-22(10-8-13)17-6-4-15(12-19(17)24(28)29)20(25)21-16-5-3-14(2)11-18(16)23(26)27/h3-6,11-13H,7-10H2,1-2H3,(H,21,25). The van der Waals surface area contributed by atoms with Gasteiger partial charge < -0.3 is 10.2 Å². The number of piperidine rings is 1. The molecular weight excluding hydrogens is 376 g/mol. The highest BCUT2D eigenvalue weighted by Gasteiger charge is 2.25. The van der Waals surface area contributed by atoms with Crippen molar-refractivity contribution in [2.45, 2.75) is 26.7 Å². The first-order chi connectivity index (χ1) is 13.8. The first kappa shape index (κ1) is 20.2. The van der Waals surface area contributed by atoms with Crippen LogP contribution in [0.4, 0.5) is 22.7 Å². The van der Waals surface area contributed by atoms with E-state index in [1.165, 1.54) is 24.3 Å². The van der Waals surface area contributed by atoms with Crippen molar-refractivity contribution in [3.8, 4) is 0 Å². The molecule has 1 aliphatic rings. The maximum Gasteiger partial charge on any atom is 0.293 e. The lowest BCUT2D eigenvalue weighted by molar-refractivity contribution is -0.384. The van der Waals surface area contributed by atoms with Crippen LogP contribution in [0.1, 0.15) is 35.7 Å². The predicted octanol–water partition coefficient (Wildman–Crippen LogP) is 4.30. The summed E-state index contributed by atoms with van der Waals surface area (Å²) < 4.78 is 0. The number of aryl methyl sites for hydroxylation is 1. The Morgan fingerprint density at radius 1 is 1.03 bits per heavy atom. The van der Waals surface area contributed by atoms with Crippen molar-refractivity contribution in [1.29, 1.82) is 0 Å². The molecule has 1 heterocycles. The van der Waals surface area contributed by atoms with Crippen LogP contribution in [0.3, 0.4) is 0 Å². The molecule has 1 aliphatic heterocycles. The minimum atomic E-state index is -0.640. The van der Waals surface area contributed by atoms with Crippen LogP contribution >= 0.6 is 0 Å². The molecule has 1 fully saturated rings. The van der Waals surface area contributed by atoms with E-state index in [-0.39, 0.29) is 22.6 Å². The average Bonchev–Trinajstić information content (AvgIpc) is 2.69. The summed E-state index contributed by atoms with van der Waals surface area (Å²) >= 11 is 0. The van der Waals surface area contributed by atoms with Crippen molar-refractivity contribution in [3.05, 3.63) is 67.8 Å². The van der Waals surface area contributed by atoms with E-state index in [9.17, 15) is 25.0 Å². The topological polar surface area (TPSA) is 119 Å². The second-order valence-corrected chi connectivity index (χ2v) is 7.36. The first-order valence-corrected chi connectivity index (χ1v) is 9.36. The lowest BCUT2D eigenvalue weighted by atomic mass is 9.98. The van der Waals surface area contributed by atoms with Crippen molar-refractivity contribution >= 4 is 28.7 Å². The molecule has 3 rings (SSSR count). The number of nitro benzene ring substituents is 2. The maximum absolute atomic E-state index is 12.6. The van der Waals surface area contributed by atoms with Gasteiger partial charge >= 0.3 is 0 Å². The molecule has 9 heteroatoms. The quantitative estimate of drug-likeness (QED) is 0.592. The molecule has 0 atom stereocenters. The third kappa shape index (κ3) is 4.50. The number of nitrogens with one attached hydrogen (secondary N) is 1. The van der Waals surface area contributed by atoms with Gasteiger partial charge in [0.1, 0.15) is 11.4 Å². The van der Waals surface area contributed by atoms with Crippen molar-refractivity contribution in [1.82, 2.24) is 0 Å². The Kier molecular flexibility index (Phi) is 5.76. The van der Waals surface area contributed by atoms with Crippen LogP contribution in [0, 0.1) is 33.1 Å². The summed E-state index contributed by atoms with van der Waals surface area (Å²) in [7, 11) is 0. The van der Waals surface area contributed by atoms with E-state index in [4.69, 9.17) is 0 Å². The summed E-state index contributed by atoms with van der Waals surface area (Å²) in [6.07, 6.45) is 1.91. The number of carbonyl (C=O) groups is 1. The van der Waals surface area contributed by atoms with Crippen LogP contribution < -0.4 is 10.2 Å². The Balaban J connectivity index is 1.88. The highest BCUT2D eigenvalue weighted by Crippen LogP contribution is 2.33. The van der Waals surface area contributed by atoms with Crippen molar-refractivity contribution < 1.29 is 14.6 Å². The molecular formula is C20H22N4O5. The highest BCUT2D eigenvalue weighted by atomic mass is 16.6. The number of hydrogen-bond acceptors (Lipinski definition) is 6. The van der Waals surface area contributed by atoms with Crippen LogP contribution in [0.25, 0.3) is 0 Å². The van der Waals surface area contributed by atoms with Gasteiger partial charge in [0, 0.05) is 30.8 Å². The van der Waals surface area contributed by atoms with Gasteiger partial charge in [0.15, 0.2) is 0 Å². The molecule has 2 aromatic carbocycles. The Morgan fingerprint density at radius 2 is 1.69 bits per heavy atom. The normalized spacial score (nSPS) is 14.5. The smallest absolute Gasteiger partial charge is 0.293 e. The van der Waals surface area contributed by atoms with Crippen LogP contribution in [0.2, 0.25) is 0 Å². The van der Waals surface area contributed by atoms with E-state index >= 15 is 0 Å². The number of nitro groups is 2. The Labute approximate surface area is 167 Å². The monoisotopic (exact) mass is 398 g/mol. The molecule has 0 spiro atoms. The number of carbonyl (C=O) groups excluding carboxylic acids is 1. The predicted molar refractivity (Wildman–Crippen MR) is 109 cm³/mol. The number of rotatable bonds is 5. The van der Waals surface area contributed by atoms with E-state index in [0.717, 1.165) is 25.9 Å². The van der Waals surface area contributed by atoms with Crippen molar-refractivity contribution in [2.24, 2.45) is 5.92 Å². The van der Waals surface area contributed by atoms with Gasteiger partial charge in [0.25, 0.3) is 17.3 Å². The molecule has 1 N–H and O–H groups in total. The fourth-order valence-electron chi connectivity index (χ4n) is 3.42. The second-order valence-electron chi connectivity index (χ2n) is 7.36. The lowest BCUT2D eigenvalue weighted by Crippen LogP contribution is -2.33. The zero-order valence-corrected chi connectivity index (χ0v) is 16.3. The van der Waals surface area contributed by atoms with E-state index in [1.807, 2.05) is 4.90 Å². The molecule has 9 nitrogen and oxygen atoms in total. The van der Waals surface area contributed by atoms with Gasteiger partial charge in [-0.2, -0.15) is 0 Å². The van der Waals surface area contributed by atoms with E-state index < -0.39 is 15.8 Å². The number of anilines is 2. The Morgan fingerprint density at radius 3 is 2.31 bits per heavy atom. The SMILES string of the molecule is Cc1ccc(NC(=O)c2ccc(N3CCC(C)CC3)c([N+](=O)[O-])c2)c([N+](=O)[O-])c1. The number of nitrogens with zero attached hydrogens (tertiary/aromatic N) is 3. The average molecular weight is 398 g/mol. The van der Waals surface area contributed by atoms with Gasteiger partial charge in [-0.3, -0.25) is 25.0 Å². The van der Waals surface area contributed by atoms with Gasteiger partial charge in [-0.05, 0) is 49.4 Å². The fourth-order valence-corrected chi connectivity index (χ4v) is 3.42. The summed E-state index contributed by atoms with van der Waals surface area (Å²) in [6, 6.07) is 8.76. The van der Waals surface area contributed by atoms with E-state index in [1.54, 1.807) is 19.1 Å². The maximum atomic E-state index is 12.6. The molecule has 0 aliphatic carbocycles. The zero-order valence-electron chi connectivity index (χ0n) is 16.3. The van der Waals surface area contributed by atoms with Crippen molar-refractivity contribution in [3.63, 3.8) is 0 Å². The van der Waals surface area contributed by atoms with E-state index in [2.05, 4.69) is 12.2 Å². The Hall–Kier alpha value is -3.49. The summed E-state index contributed by atoms with van der Waals surface area (Å²) in [6.45, 7) is 5.32. The van der Waals surface area contributed by atoms with E-state index in [0.29, 0.717) is 17.2 Å². The minimum Gasteiger partial charge on any atom is -0.366 e. The molecule has 0 aromatic heterocycles. The molecule has 0 radical (unpaired) electrons. The summed E-state index contributed by atoms with van der Waals surface area (Å²) in [5, 5.41) is 25.3. The highest BCUT2D eigenvalue weighted by molar-refractivity contribution is 6.06.